The van der Waals surface area contributed by atoms with Gasteiger partial charge in [0.15, 0.2) is 5.96 Å². The molecule has 6 nitrogen and oxygen atoms in total. The van der Waals surface area contributed by atoms with Gasteiger partial charge in [0.05, 0.1) is 0 Å². The number of nitrogens with zero attached hydrogens (tertiary/aromatic N) is 2. The van der Waals surface area contributed by atoms with Crippen LogP contribution in [0.5, 0.6) is 11.5 Å². The first-order chi connectivity index (χ1) is 14.2. The number of ether oxygens (including phenoxy) is 1. The van der Waals surface area contributed by atoms with Crippen molar-refractivity contribution >= 4 is 47.2 Å². The van der Waals surface area contributed by atoms with Gasteiger partial charge in [0.25, 0.3) is 0 Å². The monoisotopic (exact) mass is 514 g/mol. The molecule has 154 valence electrons. The number of aliphatic imine (C=N–C) groups is 1. The molecule has 0 atom stereocenters. The first-order valence-corrected chi connectivity index (χ1v) is 9.47. The Hall–Kier alpha value is -3.07. The van der Waals surface area contributed by atoms with Crippen LogP contribution in [0.3, 0.4) is 0 Å². The number of guanidine groups is 1. The Kier molecular flexibility index (Phi) is 7.29. The molecule has 0 bridgehead atoms. The predicted molar refractivity (Wildman–Crippen MR) is 131 cm³/mol. The maximum absolute atomic E-state index is 12.5. The van der Waals surface area contributed by atoms with E-state index in [0.717, 1.165) is 23.5 Å². The number of anilines is 2. The Labute approximate surface area is 192 Å². The van der Waals surface area contributed by atoms with Crippen LogP contribution >= 0.6 is 24.0 Å². The number of hydrogen-bond acceptors (Lipinski definition) is 3. The minimum absolute atomic E-state index is 0. The number of nitrogens with one attached hydrogen (secondary N) is 1. The number of halogens is 1. The zero-order valence-corrected chi connectivity index (χ0v) is 18.7. The lowest BCUT2D eigenvalue weighted by Crippen LogP contribution is -2.32. The van der Waals surface area contributed by atoms with E-state index in [1.807, 2.05) is 78.9 Å². The molecule has 0 saturated carbocycles. The van der Waals surface area contributed by atoms with Gasteiger partial charge in [0.2, 0.25) is 5.91 Å². The zero-order valence-electron chi connectivity index (χ0n) is 16.3. The van der Waals surface area contributed by atoms with Crippen LogP contribution in [0.1, 0.15) is 5.56 Å². The average Bonchev–Trinajstić information content (AvgIpc) is 3.17. The fourth-order valence-electron chi connectivity index (χ4n) is 3.28. The molecule has 0 fully saturated rings. The lowest BCUT2D eigenvalue weighted by atomic mass is 10.2. The van der Waals surface area contributed by atoms with E-state index in [9.17, 15) is 4.79 Å². The Morgan fingerprint density at radius 1 is 1.00 bits per heavy atom. The van der Waals surface area contributed by atoms with Crippen LogP contribution in [0.2, 0.25) is 0 Å². The second-order valence-electron chi connectivity index (χ2n) is 6.69. The molecule has 0 radical (unpaired) electrons. The number of fused-ring (bicyclic) bond motifs is 1. The van der Waals surface area contributed by atoms with Gasteiger partial charge >= 0.3 is 0 Å². The van der Waals surface area contributed by atoms with E-state index in [4.69, 9.17) is 10.5 Å². The van der Waals surface area contributed by atoms with Gasteiger partial charge in [0.1, 0.15) is 18.0 Å². The average molecular weight is 514 g/mol. The topological polar surface area (TPSA) is 80.0 Å². The fraction of sp³-hybridized carbons (Fsp3) is 0.130. The summed E-state index contributed by atoms with van der Waals surface area (Å²) in [6.07, 6.45) is 0.869. The van der Waals surface area contributed by atoms with E-state index in [1.54, 1.807) is 4.90 Å². The quantitative estimate of drug-likeness (QED) is 0.300. The number of rotatable bonds is 5. The first kappa shape index (κ1) is 21.6. The molecule has 3 N–H and O–H groups in total. The van der Waals surface area contributed by atoms with Crippen LogP contribution in [0.4, 0.5) is 11.4 Å². The fourth-order valence-corrected chi connectivity index (χ4v) is 3.28. The van der Waals surface area contributed by atoms with Crippen molar-refractivity contribution in [2.75, 3.05) is 23.3 Å². The molecular weight excluding hydrogens is 491 g/mol. The van der Waals surface area contributed by atoms with Crippen LogP contribution in [-0.4, -0.2) is 25.0 Å². The highest BCUT2D eigenvalue weighted by molar-refractivity contribution is 14.0. The highest BCUT2D eigenvalue weighted by Crippen LogP contribution is 2.27. The van der Waals surface area contributed by atoms with Crippen molar-refractivity contribution in [2.24, 2.45) is 10.7 Å². The minimum Gasteiger partial charge on any atom is -0.457 e. The van der Waals surface area contributed by atoms with Gasteiger partial charge in [-0.3, -0.25) is 4.79 Å². The van der Waals surface area contributed by atoms with Crippen LogP contribution in [-0.2, 0) is 11.2 Å². The lowest BCUT2D eigenvalue weighted by Gasteiger charge is -2.16. The molecular formula is C23H23IN4O2. The molecule has 1 aliphatic rings. The van der Waals surface area contributed by atoms with Gasteiger partial charge in [-0.25, -0.2) is 4.99 Å². The van der Waals surface area contributed by atoms with Crippen molar-refractivity contribution in [3.8, 4) is 11.5 Å². The zero-order chi connectivity index (χ0) is 20.1. The van der Waals surface area contributed by atoms with Gasteiger partial charge in [-0.05, 0) is 42.3 Å². The number of carbonyl (C=O) groups is 1. The van der Waals surface area contributed by atoms with Gasteiger partial charge in [0, 0.05) is 24.0 Å². The summed E-state index contributed by atoms with van der Waals surface area (Å²) < 4.78 is 5.82. The molecule has 30 heavy (non-hydrogen) atoms. The largest absolute Gasteiger partial charge is 0.457 e. The Morgan fingerprint density at radius 3 is 2.57 bits per heavy atom. The standard InChI is InChI=1S/C23H22N4O2.HI/c24-23(25-16-22(28)27-14-13-17-7-4-5-12-21(17)27)26-18-8-6-11-20(15-18)29-19-9-2-1-3-10-19;/h1-12,15H,13-14,16H2,(H3,24,25,26);1H. The third-order valence-electron chi connectivity index (χ3n) is 4.66. The maximum atomic E-state index is 12.5. The smallest absolute Gasteiger partial charge is 0.248 e. The molecule has 1 aliphatic heterocycles. The highest BCUT2D eigenvalue weighted by atomic mass is 127. The van der Waals surface area contributed by atoms with E-state index in [2.05, 4.69) is 10.3 Å². The molecule has 0 spiro atoms. The van der Waals surface area contributed by atoms with E-state index in [0.29, 0.717) is 12.3 Å². The lowest BCUT2D eigenvalue weighted by molar-refractivity contribution is -0.117. The van der Waals surface area contributed by atoms with E-state index in [1.165, 1.54) is 5.56 Å². The Morgan fingerprint density at radius 2 is 1.73 bits per heavy atom. The second kappa shape index (κ2) is 10.1. The number of benzene rings is 3. The summed E-state index contributed by atoms with van der Waals surface area (Å²) in [5.41, 5.74) is 8.86. The molecule has 0 aromatic heterocycles. The van der Waals surface area contributed by atoms with Crippen molar-refractivity contribution in [2.45, 2.75) is 6.42 Å². The molecule has 0 aliphatic carbocycles. The summed E-state index contributed by atoms with van der Waals surface area (Å²) in [5, 5.41) is 3.01. The molecule has 4 rings (SSSR count). The Balaban J connectivity index is 0.00000256. The van der Waals surface area contributed by atoms with Gasteiger partial charge in [-0.1, -0.05) is 42.5 Å². The number of carbonyl (C=O) groups excluding carboxylic acids is 1. The van der Waals surface area contributed by atoms with Crippen LogP contribution in [0.25, 0.3) is 0 Å². The minimum atomic E-state index is -0.0686. The number of para-hydroxylation sites is 2. The molecule has 3 aromatic rings. The SMILES string of the molecule is I.NC(=NCC(=O)N1CCc2ccccc21)Nc1cccc(Oc2ccccc2)c1. The molecule has 7 heteroatoms. The van der Waals surface area contributed by atoms with Gasteiger partial charge in [-0.15, -0.1) is 24.0 Å². The summed E-state index contributed by atoms with van der Waals surface area (Å²) in [7, 11) is 0. The van der Waals surface area contributed by atoms with Crippen molar-refractivity contribution in [1.29, 1.82) is 0 Å². The van der Waals surface area contributed by atoms with Crippen LogP contribution in [0, 0.1) is 0 Å². The number of amides is 1. The second-order valence-corrected chi connectivity index (χ2v) is 6.69. The van der Waals surface area contributed by atoms with Crippen molar-refractivity contribution < 1.29 is 9.53 Å². The van der Waals surface area contributed by atoms with Gasteiger partial charge < -0.3 is 20.7 Å². The van der Waals surface area contributed by atoms with Crippen molar-refractivity contribution in [3.63, 3.8) is 0 Å². The van der Waals surface area contributed by atoms with Crippen molar-refractivity contribution in [1.82, 2.24) is 0 Å². The maximum Gasteiger partial charge on any atom is 0.248 e. The van der Waals surface area contributed by atoms with E-state index >= 15 is 0 Å². The molecule has 1 heterocycles. The molecule has 0 unspecified atom stereocenters. The van der Waals surface area contributed by atoms with E-state index in [-0.39, 0.29) is 42.4 Å². The number of hydrogen-bond donors (Lipinski definition) is 2. The van der Waals surface area contributed by atoms with Crippen LogP contribution in [0.15, 0.2) is 83.9 Å². The highest BCUT2D eigenvalue weighted by Gasteiger charge is 2.23. The van der Waals surface area contributed by atoms with Crippen molar-refractivity contribution in [3.05, 3.63) is 84.4 Å². The first-order valence-electron chi connectivity index (χ1n) is 9.47. The Bertz CT molecular complexity index is 1040. The summed E-state index contributed by atoms with van der Waals surface area (Å²) in [6, 6.07) is 24.9. The summed E-state index contributed by atoms with van der Waals surface area (Å²) in [4.78, 5) is 18.5. The summed E-state index contributed by atoms with van der Waals surface area (Å²) in [6.45, 7) is 0.674. The third kappa shape index (κ3) is 5.29. The summed E-state index contributed by atoms with van der Waals surface area (Å²) >= 11 is 0. The van der Waals surface area contributed by atoms with Crippen LogP contribution < -0.4 is 20.7 Å². The van der Waals surface area contributed by atoms with E-state index < -0.39 is 0 Å². The molecule has 0 saturated heterocycles. The molecule has 1 amide bonds. The normalized spacial score (nSPS) is 12.7. The van der Waals surface area contributed by atoms with Gasteiger partial charge in [-0.2, -0.15) is 0 Å². The third-order valence-corrected chi connectivity index (χ3v) is 4.66. The summed E-state index contributed by atoms with van der Waals surface area (Å²) in [5.74, 6) is 1.55. The predicted octanol–water partition coefficient (Wildman–Crippen LogP) is 4.41. The number of nitrogens with two attached hydrogens (primary N) is 1. The molecule has 3 aromatic carbocycles.